The molecule has 0 atom stereocenters. The van der Waals surface area contributed by atoms with Gasteiger partial charge in [0.25, 0.3) is 5.91 Å². The SMILES string of the molecule is COc1ccccc1CNC(=O)c1cncn1C. The van der Waals surface area contributed by atoms with E-state index in [2.05, 4.69) is 10.3 Å². The standard InChI is InChI=1S/C13H15N3O2/c1-16-9-14-8-11(16)13(17)15-7-10-5-3-4-6-12(10)18-2/h3-6,8-9H,7H2,1-2H3,(H,15,17). The van der Waals surface area contributed by atoms with Gasteiger partial charge in [-0.1, -0.05) is 18.2 Å². The third kappa shape index (κ3) is 2.51. The van der Waals surface area contributed by atoms with Crippen LogP contribution in [-0.2, 0) is 13.6 Å². The maximum atomic E-state index is 11.9. The van der Waals surface area contributed by atoms with Gasteiger partial charge >= 0.3 is 0 Å². The van der Waals surface area contributed by atoms with Gasteiger partial charge in [-0.05, 0) is 6.07 Å². The molecule has 0 spiro atoms. The fourth-order valence-electron chi connectivity index (χ4n) is 1.69. The number of aryl methyl sites for hydroxylation is 1. The van der Waals surface area contributed by atoms with E-state index in [1.807, 2.05) is 24.3 Å². The molecule has 0 aliphatic heterocycles. The Labute approximate surface area is 105 Å². The van der Waals surface area contributed by atoms with Gasteiger partial charge < -0.3 is 14.6 Å². The second-order valence-corrected chi connectivity index (χ2v) is 3.88. The van der Waals surface area contributed by atoms with E-state index >= 15 is 0 Å². The zero-order valence-electron chi connectivity index (χ0n) is 10.4. The Morgan fingerprint density at radius 1 is 1.44 bits per heavy atom. The van der Waals surface area contributed by atoms with Crippen LogP contribution in [0.25, 0.3) is 0 Å². The summed E-state index contributed by atoms with van der Waals surface area (Å²) in [6, 6.07) is 7.59. The highest BCUT2D eigenvalue weighted by Gasteiger charge is 2.10. The first-order chi connectivity index (χ1) is 8.72. The second-order valence-electron chi connectivity index (χ2n) is 3.88. The predicted octanol–water partition coefficient (Wildman–Crippen LogP) is 1.36. The average molecular weight is 245 g/mol. The summed E-state index contributed by atoms with van der Waals surface area (Å²) < 4.78 is 6.90. The lowest BCUT2D eigenvalue weighted by atomic mass is 10.2. The van der Waals surface area contributed by atoms with Crippen LogP contribution in [-0.4, -0.2) is 22.6 Å². The number of ether oxygens (including phenoxy) is 1. The molecule has 0 fully saturated rings. The van der Waals surface area contributed by atoms with Gasteiger partial charge in [0, 0.05) is 19.2 Å². The molecule has 1 amide bonds. The number of aromatic nitrogens is 2. The molecule has 0 saturated carbocycles. The summed E-state index contributed by atoms with van der Waals surface area (Å²) in [4.78, 5) is 15.8. The van der Waals surface area contributed by atoms with Crippen LogP contribution in [0.15, 0.2) is 36.8 Å². The van der Waals surface area contributed by atoms with E-state index < -0.39 is 0 Å². The normalized spacial score (nSPS) is 10.1. The molecule has 1 aromatic carbocycles. The molecule has 2 aromatic rings. The molecule has 0 bridgehead atoms. The molecule has 5 heteroatoms. The molecule has 5 nitrogen and oxygen atoms in total. The maximum Gasteiger partial charge on any atom is 0.269 e. The van der Waals surface area contributed by atoms with Gasteiger partial charge in [0.2, 0.25) is 0 Å². The third-order valence-corrected chi connectivity index (χ3v) is 2.68. The van der Waals surface area contributed by atoms with Crippen LogP contribution in [0, 0.1) is 0 Å². The number of hydrogen-bond donors (Lipinski definition) is 1. The van der Waals surface area contributed by atoms with Crippen molar-refractivity contribution in [3.8, 4) is 5.75 Å². The highest BCUT2D eigenvalue weighted by atomic mass is 16.5. The van der Waals surface area contributed by atoms with Gasteiger partial charge in [0.15, 0.2) is 0 Å². The zero-order chi connectivity index (χ0) is 13.0. The number of carbonyl (C=O) groups is 1. The number of carbonyl (C=O) groups excluding carboxylic acids is 1. The molecule has 0 aliphatic carbocycles. The number of methoxy groups -OCH3 is 1. The molecule has 2 rings (SSSR count). The van der Waals surface area contributed by atoms with Gasteiger partial charge in [-0.25, -0.2) is 4.98 Å². The fourth-order valence-corrected chi connectivity index (χ4v) is 1.69. The second kappa shape index (κ2) is 5.35. The van der Waals surface area contributed by atoms with Crippen molar-refractivity contribution in [2.24, 2.45) is 7.05 Å². The summed E-state index contributed by atoms with van der Waals surface area (Å²) in [6.45, 7) is 0.425. The first-order valence-corrected chi connectivity index (χ1v) is 5.59. The highest BCUT2D eigenvalue weighted by molar-refractivity contribution is 5.92. The third-order valence-electron chi connectivity index (χ3n) is 2.68. The Morgan fingerprint density at radius 3 is 2.89 bits per heavy atom. The molecule has 1 heterocycles. The predicted molar refractivity (Wildman–Crippen MR) is 67.4 cm³/mol. The van der Waals surface area contributed by atoms with E-state index in [9.17, 15) is 4.79 Å². The van der Waals surface area contributed by atoms with Crippen molar-refractivity contribution in [3.05, 3.63) is 48.0 Å². The number of imidazole rings is 1. The van der Waals surface area contributed by atoms with Crippen LogP contribution < -0.4 is 10.1 Å². The first kappa shape index (κ1) is 12.2. The number of para-hydroxylation sites is 1. The summed E-state index contributed by atoms with van der Waals surface area (Å²) in [5, 5.41) is 2.84. The molecule has 94 valence electrons. The Balaban J connectivity index is 2.04. The lowest BCUT2D eigenvalue weighted by Gasteiger charge is -2.09. The van der Waals surface area contributed by atoms with Crippen LogP contribution in [0.2, 0.25) is 0 Å². The van der Waals surface area contributed by atoms with Gasteiger partial charge in [-0.15, -0.1) is 0 Å². The van der Waals surface area contributed by atoms with Crippen LogP contribution in [0.4, 0.5) is 0 Å². The van der Waals surface area contributed by atoms with Crippen LogP contribution >= 0.6 is 0 Å². The number of benzene rings is 1. The first-order valence-electron chi connectivity index (χ1n) is 5.59. The van der Waals surface area contributed by atoms with Gasteiger partial charge in [0.1, 0.15) is 11.4 Å². The number of nitrogens with one attached hydrogen (secondary N) is 1. The fraction of sp³-hybridized carbons (Fsp3) is 0.231. The Kier molecular flexibility index (Phi) is 3.62. The molecule has 0 aliphatic rings. The topological polar surface area (TPSA) is 56.1 Å². The van der Waals surface area contributed by atoms with E-state index in [4.69, 9.17) is 4.74 Å². The van der Waals surface area contributed by atoms with E-state index in [1.54, 1.807) is 25.1 Å². The summed E-state index contributed by atoms with van der Waals surface area (Å²) in [6.07, 6.45) is 3.13. The van der Waals surface area contributed by atoms with Crippen LogP contribution in [0.1, 0.15) is 16.1 Å². The van der Waals surface area contributed by atoms with E-state index in [0.29, 0.717) is 12.2 Å². The largest absolute Gasteiger partial charge is 0.496 e. The van der Waals surface area contributed by atoms with Crippen molar-refractivity contribution in [3.63, 3.8) is 0 Å². The molecule has 1 aromatic heterocycles. The summed E-state index contributed by atoms with van der Waals surface area (Å²) in [7, 11) is 3.40. The number of rotatable bonds is 4. The molecule has 0 radical (unpaired) electrons. The van der Waals surface area contributed by atoms with E-state index in [1.165, 1.54) is 6.20 Å². The van der Waals surface area contributed by atoms with Crippen LogP contribution in [0.5, 0.6) is 5.75 Å². The lowest BCUT2D eigenvalue weighted by molar-refractivity contribution is 0.0942. The van der Waals surface area contributed by atoms with E-state index in [0.717, 1.165) is 11.3 Å². The van der Waals surface area contributed by atoms with Gasteiger partial charge in [0.05, 0.1) is 19.6 Å². The lowest BCUT2D eigenvalue weighted by Crippen LogP contribution is -2.24. The smallest absolute Gasteiger partial charge is 0.269 e. The van der Waals surface area contributed by atoms with Crippen molar-refractivity contribution in [2.75, 3.05) is 7.11 Å². The monoisotopic (exact) mass is 245 g/mol. The van der Waals surface area contributed by atoms with Crippen LogP contribution in [0.3, 0.4) is 0 Å². The quantitative estimate of drug-likeness (QED) is 0.884. The number of nitrogens with zero attached hydrogens (tertiary/aromatic N) is 2. The summed E-state index contributed by atoms with van der Waals surface area (Å²) in [5.74, 6) is 0.615. The van der Waals surface area contributed by atoms with E-state index in [-0.39, 0.29) is 5.91 Å². The molecule has 0 saturated heterocycles. The Bertz CT molecular complexity index is 549. The van der Waals surface area contributed by atoms with Crippen molar-refractivity contribution in [2.45, 2.75) is 6.54 Å². The van der Waals surface area contributed by atoms with Crippen molar-refractivity contribution in [1.29, 1.82) is 0 Å². The minimum atomic E-state index is -0.152. The summed E-state index contributed by atoms with van der Waals surface area (Å²) in [5.41, 5.74) is 1.47. The molecule has 1 N–H and O–H groups in total. The summed E-state index contributed by atoms with van der Waals surface area (Å²) >= 11 is 0. The number of amides is 1. The Hall–Kier alpha value is -2.30. The minimum absolute atomic E-state index is 0.152. The zero-order valence-corrected chi connectivity index (χ0v) is 10.4. The van der Waals surface area contributed by atoms with Gasteiger partial charge in [-0.3, -0.25) is 4.79 Å². The Morgan fingerprint density at radius 2 is 2.22 bits per heavy atom. The average Bonchev–Trinajstić information content (AvgIpc) is 2.82. The molecule has 0 unspecified atom stereocenters. The van der Waals surface area contributed by atoms with Gasteiger partial charge in [-0.2, -0.15) is 0 Å². The number of hydrogen-bond acceptors (Lipinski definition) is 3. The molecular formula is C13H15N3O2. The van der Waals surface area contributed by atoms with Crippen molar-refractivity contribution < 1.29 is 9.53 Å². The van der Waals surface area contributed by atoms with Crippen molar-refractivity contribution in [1.82, 2.24) is 14.9 Å². The molecular weight excluding hydrogens is 230 g/mol. The maximum absolute atomic E-state index is 11.9. The molecule has 18 heavy (non-hydrogen) atoms. The minimum Gasteiger partial charge on any atom is -0.496 e. The van der Waals surface area contributed by atoms with Crippen molar-refractivity contribution >= 4 is 5.91 Å². The highest BCUT2D eigenvalue weighted by Crippen LogP contribution is 2.16.